The average molecular weight is 465 g/mol. The van der Waals surface area contributed by atoms with Crippen LogP contribution in [0.4, 0.5) is 0 Å². The van der Waals surface area contributed by atoms with Crippen LogP contribution in [-0.2, 0) is 23.7 Å². The van der Waals surface area contributed by atoms with Gasteiger partial charge in [-0.3, -0.25) is 9.88 Å². The summed E-state index contributed by atoms with van der Waals surface area (Å²) < 4.78 is 31.2. The maximum atomic E-state index is 12.8. The van der Waals surface area contributed by atoms with Crippen LogP contribution >= 0.6 is 23.8 Å². The van der Waals surface area contributed by atoms with Gasteiger partial charge < -0.3 is 4.57 Å². The van der Waals surface area contributed by atoms with Crippen molar-refractivity contribution in [2.75, 3.05) is 26.2 Å². The Labute approximate surface area is 185 Å². The molecule has 0 amide bonds. The molecule has 2 aromatic heterocycles. The van der Waals surface area contributed by atoms with Crippen LogP contribution in [0.25, 0.3) is 11.4 Å². The molecule has 1 aliphatic heterocycles. The highest BCUT2D eigenvalue weighted by atomic mass is 35.5. The molecule has 0 spiro atoms. The molecule has 0 unspecified atom stereocenters. The van der Waals surface area contributed by atoms with Gasteiger partial charge >= 0.3 is 0 Å². The Morgan fingerprint density at radius 2 is 1.80 bits per heavy atom. The Morgan fingerprint density at radius 3 is 2.43 bits per heavy atom. The summed E-state index contributed by atoms with van der Waals surface area (Å²) in [5, 5.41) is 5.33. The first-order chi connectivity index (χ1) is 14.4. The van der Waals surface area contributed by atoms with Crippen LogP contribution in [0, 0.1) is 4.77 Å². The Hall–Kier alpha value is -2.11. The zero-order valence-electron chi connectivity index (χ0n) is 16.3. The Balaban J connectivity index is 1.45. The largest absolute Gasteiger partial charge is 0.303 e. The zero-order chi connectivity index (χ0) is 21.3. The lowest BCUT2D eigenvalue weighted by Crippen LogP contribution is -2.48. The molecule has 1 aromatic carbocycles. The average Bonchev–Trinajstić information content (AvgIpc) is 3.04. The predicted octanol–water partition coefficient (Wildman–Crippen LogP) is 2.63. The summed E-state index contributed by atoms with van der Waals surface area (Å²) in [6.07, 6.45) is 2.94. The summed E-state index contributed by atoms with van der Waals surface area (Å²) in [6, 6.07) is 10.7. The Bertz CT molecular complexity index is 1180. The lowest BCUT2D eigenvalue weighted by molar-refractivity contribution is 0.144. The number of piperazine rings is 1. The highest BCUT2D eigenvalue weighted by molar-refractivity contribution is 7.89. The molecule has 1 saturated heterocycles. The van der Waals surface area contributed by atoms with Gasteiger partial charge in [0.25, 0.3) is 0 Å². The van der Waals surface area contributed by atoms with Crippen molar-refractivity contribution < 1.29 is 8.42 Å². The molecule has 0 aliphatic carbocycles. The van der Waals surface area contributed by atoms with E-state index in [0.717, 1.165) is 11.4 Å². The van der Waals surface area contributed by atoms with E-state index < -0.39 is 10.0 Å². The number of sulfonamides is 1. The Morgan fingerprint density at radius 1 is 1.10 bits per heavy atom. The fourth-order valence-corrected chi connectivity index (χ4v) is 5.08. The fraction of sp³-hybridized carbons (Fsp3) is 0.316. The van der Waals surface area contributed by atoms with E-state index in [9.17, 15) is 8.42 Å². The van der Waals surface area contributed by atoms with Crippen molar-refractivity contribution in [3.8, 4) is 11.4 Å². The van der Waals surface area contributed by atoms with E-state index in [1.54, 1.807) is 23.0 Å². The molecule has 0 radical (unpaired) electrons. The molecular formula is C19H21ClN6O2S2. The second-order valence-corrected chi connectivity index (χ2v) is 9.76. The van der Waals surface area contributed by atoms with Gasteiger partial charge in [0.2, 0.25) is 10.0 Å². The second kappa shape index (κ2) is 8.56. The van der Waals surface area contributed by atoms with Crippen LogP contribution in [0.1, 0.15) is 0 Å². The summed E-state index contributed by atoms with van der Waals surface area (Å²) in [7, 11) is -1.64. The third-order valence-corrected chi connectivity index (χ3v) is 7.70. The predicted molar refractivity (Wildman–Crippen MR) is 117 cm³/mol. The van der Waals surface area contributed by atoms with Crippen molar-refractivity contribution in [1.82, 2.24) is 28.5 Å². The minimum Gasteiger partial charge on any atom is -0.303 e. The number of nitrogens with zero attached hydrogens (tertiary/aromatic N) is 6. The van der Waals surface area contributed by atoms with E-state index in [0.29, 0.717) is 42.6 Å². The highest BCUT2D eigenvalue weighted by Crippen LogP contribution is 2.21. The van der Waals surface area contributed by atoms with Crippen molar-refractivity contribution in [1.29, 1.82) is 0 Å². The third kappa shape index (κ3) is 4.19. The molecule has 0 bridgehead atoms. The quantitative estimate of drug-likeness (QED) is 0.540. The molecule has 0 saturated carbocycles. The van der Waals surface area contributed by atoms with Gasteiger partial charge in [-0.05, 0) is 48.6 Å². The second-order valence-electron chi connectivity index (χ2n) is 7.02. The monoisotopic (exact) mass is 464 g/mol. The van der Waals surface area contributed by atoms with Gasteiger partial charge in [0.15, 0.2) is 10.6 Å². The number of pyridine rings is 1. The number of aromatic nitrogens is 4. The van der Waals surface area contributed by atoms with Crippen molar-refractivity contribution in [3.63, 3.8) is 0 Å². The van der Waals surface area contributed by atoms with E-state index in [-0.39, 0.29) is 4.90 Å². The van der Waals surface area contributed by atoms with E-state index in [1.165, 1.54) is 10.5 Å². The summed E-state index contributed by atoms with van der Waals surface area (Å²) in [6.45, 7) is 2.49. The van der Waals surface area contributed by atoms with Crippen LogP contribution in [-0.4, -0.2) is 63.1 Å². The smallest absolute Gasteiger partial charge is 0.244 e. The third-order valence-electron chi connectivity index (χ3n) is 5.08. The Kier molecular flexibility index (Phi) is 6.03. The number of rotatable bonds is 5. The zero-order valence-corrected chi connectivity index (χ0v) is 18.7. The molecule has 11 heteroatoms. The van der Waals surface area contributed by atoms with Crippen molar-refractivity contribution >= 4 is 33.8 Å². The van der Waals surface area contributed by atoms with Crippen molar-refractivity contribution in [3.05, 3.63) is 58.6 Å². The number of hydrogen-bond donors (Lipinski definition) is 0. The first kappa shape index (κ1) is 21.1. The van der Waals surface area contributed by atoms with Gasteiger partial charge in [0.05, 0.1) is 6.67 Å². The lowest BCUT2D eigenvalue weighted by Gasteiger charge is -2.33. The highest BCUT2D eigenvalue weighted by Gasteiger charge is 2.29. The molecule has 0 atom stereocenters. The molecule has 3 heterocycles. The normalized spacial score (nSPS) is 16.1. The van der Waals surface area contributed by atoms with Crippen molar-refractivity contribution in [2.24, 2.45) is 7.05 Å². The van der Waals surface area contributed by atoms with Crippen LogP contribution in [0.3, 0.4) is 0 Å². The molecule has 0 N–H and O–H groups in total. The topological polar surface area (TPSA) is 76.3 Å². The van der Waals surface area contributed by atoms with Crippen LogP contribution < -0.4 is 0 Å². The number of halogens is 1. The van der Waals surface area contributed by atoms with E-state index >= 15 is 0 Å². The van der Waals surface area contributed by atoms with Crippen LogP contribution in [0.5, 0.6) is 0 Å². The number of hydrogen-bond acceptors (Lipinski definition) is 6. The minimum atomic E-state index is -3.52. The molecule has 3 aromatic rings. The maximum absolute atomic E-state index is 12.8. The number of benzene rings is 1. The first-order valence-corrected chi connectivity index (χ1v) is 11.6. The molecule has 8 nitrogen and oxygen atoms in total. The summed E-state index contributed by atoms with van der Waals surface area (Å²) in [4.78, 5) is 6.28. The minimum absolute atomic E-state index is 0.220. The molecular weight excluding hydrogens is 444 g/mol. The summed E-state index contributed by atoms with van der Waals surface area (Å²) in [5.74, 6) is 0.759. The SMILES string of the molecule is Cn1c(-c2ccc(Cl)cc2)nn(CN2CCN(S(=O)(=O)c3cccnc3)CC2)c1=S. The summed E-state index contributed by atoms with van der Waals surface area (Å²) >= 11 is 11.5. The van der Waals surface area contributed by atoms with E-state index in [4.69, 9.17) is 23.8 Å². The first-order valence-electron chi connectivity index (χ1n) is 9.38. The van der Waals surface area contributed by atoms with Gasteiger partial charge in [-0.2, -0.15) is 9.40 Å². The van der Waals surface area contributed by atoms with Gasteiger partial charge in [0.1, 0.15) is 4.90 Å². The van der Waals surface area contributed by atoms with Crippen LogP contribution in [0.15, 0.2) is 53.7 Å². The molecule has 4 rings (SSSR count). The molecule has 158 valence electrons. The lowest BCUT2D eigenvalue weighted by atomic mass is 10.2. The van der Waals surface area contributed by atoms with Gasteiger partial charge in [-0.1, -0.05) is 11.6 Å². The standard InChI is InChI=1S/C19H21ClN6O2S2/c1-23-18(15-4-6-16(20)7-5-15)22-26(19(23)29)14-24-9-11-25(12-10-24)30(27,28)17-3-2-8-21-13-17/h2-8,13H,9-12,14H2,1H3. The maximum Gasteiger partial charge on any atom is 0.244 e. The van der Waals surface area contributed by atoms with Crippen molar-refractivity contribution in [2.45, 2.75) is 11.6 Å². The molecule has 1 fully saturated rings. The van der Waals surface area contributed by atoms with Gasteiger partial charge in [-0.15, -0.1) is 0 Å². The van der Waals surface area contributed by atoms with E-state index in [1.807, 2.05) is 35.9 Å². The molecule has 1 aliphatic rings. The van der Waals surface area contributed by atoms with E-state index in [2.05, 4.69) is 15.0 Å². The summed E-state index contributed by atoms with van der Waals surface area (Å²) in [5.41, 5.74) is 0.930. The fourth-order valence-electron chi connectivity index (χ4n) is 3.38. The molecule has 30 heavy (non-hydrogen) atoms. The van der Waals surface area contributed by atoms with Gasteiger partial charge in [-0.25, -0.2) is 13.1 Å². The van der Waals surface area contributed by atoms with Gasteiger partial charge in [0, 0.05) is 56.2 Å². The van der Waals surface area contributed by atoms with Crippen LogP contribution in [0.2, 0.25) is 5.02 Å².